The third-order valence-corrected chi connectivity index (χ3v) is 6.31. The van der Waals surface area contributed by atoms with E-state index < -0.39 is 5.54 Å². The number of hydrogen-bond donors (Lipinski definition) is 2. The van der Waals surface area contributed by atoms with Gasteiger partial charge in [-0.05, 0) is 59.2 Å². The van der Waals surface area contributed by atoms with Crippen LogP contribution in [-0.2, 0) is 5.54 Å². The number of aromatic hydroxyl groups is 2. The highest BCUT2D eigenvalue weighted by atomic mass is 35.5. The zero-order valence-electron chi connectivity index (χ0n) is 16.3. The van der Waals surface area contributed by atoms with Crippen molar-refractivity contribution in [3.05, 3.63) is 113 Å². The number of fused-ring (bicyclic) bond motifs is 5. The average molecular weight is 425 g/mol. The van der Waals surface area contributed by atoms with Crippen molar-refractivity contribution in [3.8, 4) is 22.9 Å². The lowest BCUT2D eigenvalue weighted by Crippen LogP contribution is -2.34. The largest absolute Gasteiger partial charge is 0.508 e. The molecule has 0 fully saturated rings. The summed E-state index contributed by atoms with van der Waals surface area (Å²) in [5.74, 6) is 1.26. The average Bonchev–Trinajstić information content (AvgIpc) is 3.29. The summed E-state index contributed by atoms with van der Waals surface area (Å²) >= 11 is 6.41. The Hall–Kier alpha value is -3.76. The van der Waals surface area contributed by atoms with Crippen molar-refractivity contribution in [3.63, 3.8) is 0 Å². The summed E-state index contributed by atoms with van der Waals surface area (Å²) in [6, 6.07) is 28.5. The third kappa shape index (κ3) is 2.39. The predicted octanol–water partition coefficient (Wildman–Crippen LogP) is 5.92. The summed E-state index contributed by atoms with van der Waals surface area (Å²) in [7, 11) is 0. The molecule has 1 aromatic heterocycles. The number of halogens is 1. The Bertz CT molecular complexity index is 1410. The molecule has 5 aromatic rings. The molecule has 1 aliphatic rings. The van der Waals surface area contributed by atoms with Gasteiger partial charge in [0.2, 0.25) is 0 Å². The zero-order chi connectivity index (χ0) is 21.2. The first-order chi connectivity index (χ1) is 15.1. The van der Waals surface area contributed by atoms with Crippen molar-refractivity contribution >= 4 is 22.6 Å². The minimum atomic E-state index is -0.743. The van der Waals surface area contributed by atoms with E-state index in [9.17, 15) is 10.2 Å². The lowest BCUT2D eigenvalue weighted by atomic mass is 9.77. The Kier molecular flexibility index (Phi) is 3.71. The van der Waals surface area contributed by atoms with E-state index >= 15 is 0 Å². The smallest absolute Gasteiger partial charge is 0.142 e. The van der Waals surface area contributed by atoms with Crippen molar-refractivity contribution in [2.24, 2.45) is 0 Å². The maximum atomic E-state index is 9.98. The van der Waals surface area contributed by atoms with E-state index in [1.165, 1.54) is 0 Å². The van der Waals surface area contributed by atoms with Gasteiger partial charge in [-0.3, -0.25) is 0 Å². The van der Waals surface area contributed by atoms with E-state index in [4.69, 9.17) is 16.6 Å². The summed E-state index contributed by atoms with van der Waals surface area (Å²) in [4.78, 5) is 4.96. The number of imidazole rings is 1. The normalized spacial score (nSPS) is 13.8. The summed E-state index contributed by atoms with van der Waals surface area (Å²) < 4.78 is 2.22. The van der Waals surface area contributed by atoms with Crippen LogP contribution in [0.25, 0.3) is 22.4 Å². The summed E-state index contributed by atoms with van der Waals surface area (Å²) in [6.07, 6.45) is 0. The molecule has 0 saturated carbocycles. The van der Waals surface area contributed by atoms with E-state index in [0.717, 1.165) is 39.1 Å². The molecule has 0 saturated heterocycles. The number of aromatic nitrogens is 2. The molecule has 0 amide bonds. The maximum Gasteiger partial charge on any atom is 0.142 e. The van der Waals surface area contributed by atoms with E-state index in [0.29, 0.717) is 5.02 Å². The Balaban J connectivity index is 1.84. The zero-order valence-corrected chi connectivity index (χ0v) is 17.1. The standard InChI is InChI=1S/C26H17ClN2O2/c27-18-9-14-23-24(15-18)29-25(28-23)21-3-1-2-4-22(21)26(29,16-5-10-19(30)11-6-16)17-7-12-20(31)13-8-17/h1-15,30-31H. The summed E-state index contributed by atoms with van der Waals surface area (Å²) in [5.41, 5.74) is 5.09. The minimum Gasteiger partial charge on any atom is -0.508 e. The SMILES string of the molecule is Oc1ccc(C2(c3ccc(O)cc3)c3ccccc3-c3nc4ccc(Cl)cc4n32)cc1. The van der Waals surface area contributed by atoms with Crippen molar-refractivity contribution in [2.45, 2.75) is 5.54 Å². The molecule has 4 aromatic carbocycles. The van der Waals surface area contributed by atoms with Gasteiger partial charge in [-0.15, -0.1) is 0 Å². The van der Waals surface area contributed by atoms with Gasteiger partial charge in [0.05, 0.1) is 11.0 Å². The van der Waals surface area contributed by atoms with Gasteiger partial charge in [0.25, 0.3) is 0 Å². The fraction of sp³-hybridized carbons (Fsp3) is 0.0385. The van der Waals surface area contributed by atoms with Gasteiger partial charge in [0.15, 0.2) is 0 Å². The van der Waals surface area contributed by atoms with Gasteiger partial charge in [-0.1, -0.05) is 60.1 Å². The van der Waals surface area contributed by atoms with Gasteiger partial charge in [0.1, 0.15) is 22.9 Å². The molecule has 6 rings (SSSR count). The molecular formula is C26H17ClN2O2. The first-order valence-electron chi connectivity index (χ1n) is 9.96. The summed E-state index contributed by atoms with van der Waals surface area (Å²) in [5, 5.41) is 20.6. The number of rotatable bonds is 2. The van der Waals surface area contributed by atoms with Crippen LogP contribution in [0, 0.1) is 0 Å². The monoisotopic (exact) mass is 424 g/mol. The van der Waals surface area contributed by atoms with Crippen LogP contribution in [0.3, 0.4) is 0 Å². The Morgan fingerprint density at radius 1 is 0.742 bits per heavy atom. The molecule has 0 unspecified atom stereocenters. The van der Waals surface area contributed by atoms with Crippen LogP contribution in [0.5, 0.6) is 11.5 Å². The number of nitrogens with zero attached hydrogens (tertiary/aromatic N) is 2. The van der Waals surface area contributed by atoms with Crippen LogP contribution in [0.15, 0.2) is 91.0 Å². The third-order valence-electron chi connectivity index (χ3n) is 6.08. The Morgan fingerprint density at radius 2 is 1.35 bits per heavy atom. The molecule has 0 atom stereocenters. The maximum absolute atomic E-state index is 9.98. The van der Waals surface area contributed by atoms with E-state index in [-0.39, 0.29) is 11.5 Å². The topological polar surface area (TPSA) is 58.3 Å². The summed E-state index contributed by atoms with van der Waals surface area (Å²) in [6.45, 7) is 0. The fourth-order valence-corrected chi connectivity index (χ4v) is 4.99. The number of phenols is 2. The number of phenolic OH excluding ortho intramolecular Hbond substituents is 2. The van der Waals surface area contributed by atoms with Crippen LogP contribution in [-0.4, -0.2) is 19.8 Å². The van der Waals surface area contributed by atoms with Gasteiger partial charge in [0, 0.05) is 10.6 Å². The lowest BCUT2D eigenvalue weighted by Gasteiger charge is -2.35. The quantitative estimate of drug-likeness (QED) is 0.362. The molecule has 5 heteroatoms. The molecule has 2 heterocycles. The van der Waals surface area contributed by atoms with Crippen molar-refractivity contribution in [1.82, 2.24) is 9.55 Å². The molecule has 0 radical (unpaired) electrons. The van der Waals surface area contributed by atoms with E-state index in [2.05, 4.69) is 16.7 Å². The molecular weight excluding hydrogens is 408 g/mol. The highest BCUT2D eigenvalue weighted by molar-refractivity contribution is 6.31. The number of benzene rings is 4. The molecule has 0 bridgehead atoms. The van der Waals surface area contributed by atoms with Crippen LogP contribution in [0.2, 0.25) is 5.02 Å². The van der Waals surface area contributed by atoms with Crippen LogP contribution < -0.4 is 0 Å². The molecule has 150 valence electrons. The van der Waals surface area contributed by atoms with Crippen molar-refractivity contribution in [1.29, 1.82) is 0 Å². The molecule has 31 heavy (non-hydrogen) atoms. The van der Waals surface area contributed by atoms with Crippen LogP contribution in [0.1, 0.15) is 16.7 Å². The Morgan fingerprint density at radius 3 is 2.00 bits per heavy atom. The van der Waals surface area contributed by atoms with Gasteiger partial charge in [-0.2, -0.15) is 0 Å². The minimum absolute atomic E-state index is 0.203. The second-order valence-electron chi connectivity index (χ2n) is 7.75. The Labute approximate surface area is 183 Å². The molecule has 0 aliphatic carbocycles. The fourth-order valence-electron chi connectivity index (χ4n) is 4.82. The van der Waals surface area contributed by atoms with E-state index in [1.54, 1.807) is 24.3 Å². The lowest BCUT2D eigenvalue weighted by molar-refractivity contribution is 0.472. The van der Waals surface area contributed by atoms with Crippen molar-refractivity contribution in [2.75, 3.05) is 0 Å². The van der Waals surface area contributed by atoms with Crippen LogP contribution in [0.4, 0.5) is 0 Å². The van der Waals surface area contributed by atoms with Gasteiger partial charge in [-0.25, -0.2) is 4.98 Å². The second-order valence-corrected chi connectivity index (χ2v) is 8.19. The molecule has 2 N–H and O–H groups in total. The highest BCUT2D eigenvalue weighted by Crippen LogP contribution is 2.53. The molecule has 0 spiro atoms. The first kappa shape index (κ1) is 18.0. The first-order valence-corrected chi connectivity index (χ1v) is 10.3. The highest BCUT2D eigenvalue weighted by Gasteiger charge is 2.47. The van der Waals surface area contributed by atoms with E-state index in [1.807, 2.05) is 54.6 Å². The molecule has 1 aliphatic heterocycles. The number of hydrogen-bond acceptors (Lipinski definition) is 3. The second kappa shape index (κ2) is 6.37. The van der Waals surface area contributed by atoms with Gasteiger partial charge >= 0.3 is 0 Å². The van der Waals surface area contributed by atoms with Crippen molar-refractivity contribution < 1.29 is 10.2 Å². The molecule has 4 nitrogen and oxygen atoms in total. The predicted molar refractivity (Wildman–Crippen MR) is 122 cm³/mol. The van der Waals surface area contributed by atoms with Crippen LogP contribution >= 0.6 is 11.6 Å². The van der Waals surface area contributed by atoms with Gasteiger partial charge < -0.3 is 14.8 Å².